The Labute approximate surface area is 82.6 Å². The molecule has 14 heavy (non-hydrogen) atoms. The fourth-order valence-corrected chi connectivity index (χ4v) is 1.28. The third kappa shape index (κ3) is 4.85. The van der Waals surface area contributed by atoms with Gasteiger partial charge in [-0.2, -0.15) is 0 Å². The molecule has 0 aromatic carbocycles. The second-order valence-electron chi connectivity index (χ2n) is 2.74. The second-order valence-corrected chi connectivity index (χ2v) is 4.48. The van der Waals surface area contributed by atoms with Gasteiger partial charge in [0, 0.05) is 19.3 Å². The summed E-state index contributed by atoms with van der Waals surface area (Å²) < 4.78 is 21.1. The number of nitrogens with one attached hydrogen (secondary N) is 1. The molecule has 0 aliphatic rings. The van der Waals surface area contributed by atoms with E-state index in [1.54, 1.807) is 12.3 Å². The monoisotopic (exact) mass is 216 g/mol. The highest BCUT2D eigenvalue weighted by molar-refractivity contribution is 7.89. The van der Waals surface area contributed by atoms with Crippen LogP contribution < -0.4 is 10.5 Å². The zero-order chi connectivity index (χ0) is 10.4. The highest BCUT2D eigenvalue weighted by Crippen LogP contribution is 1.88. The summed E-state index contributed by atoms with van der Waals surface area (Å²) in [6.07, 6.45) is 3.07. The van der Waals surface area contributed by atoms with Crippen molar-refractivity contribution in [1.82, 2.24) is 15.3 Å². The molecule has 1 aromatic rings. The minimum atomic E-state index is -3.37. The number of hydrogen-bond acceptors (Lipinski definition) is 5. The van der Waals surface area contributed by atoms with Gasteiger partial charge in [0.25, 0.3) is 0 Å². The fraction of sp³-hybridized carbons (Fsp3) is 0.429. The Morgan fingerprint density at radius 2 is 2.29 bits per heavy atom. The molecule has 0 atom stereocenters. The standard InChI is InChI=1S/C7H12N4O2S/c8-14(12,13)4-3-9-5-7-1-2-10-6-11-7/h1-2,6,9H,3-5H2,(H2,8,12,13). The molecule has 0 unspecified atom stereocenters. The zero-order valence-electron chi connectivity index (χ0n) is 7.55. The van der Waals surface area contributed by atoms with Crippen LogP contribution in [-0.4, -0.2) is 30.7 Å². The zero-order valence-corrected chi connectivity index (χ0v) is 8.37. The molecule has 0 bridgehead atoms. The van der Waals surface area contributed by atoms with Gasteiger partial charge in [-0.3, -0.25) is 0 Å². The van der Waals surface area contributed by atoms with E-state index in [-0.39, 0.29) is 5.75 Å². The molecule has 6 nitrogen and oxygen atoms in total. The van der Waals surface area contributed by atoms with Crippen molar-refractivity contribution >= 4 is 10.0 Å². The maximum Gasteiger partial charge on any atom is 0.210 e. The summed E-state index contributed by atoms with van der Waals surface area (Å²) >= 11 is 0. The molecule has 0 saturated heterocycles. The first-order valence-electron chi connectivity index (χ1n) is 4.04. The summed E-state index contributed by atoms with van der Waals surface area (Å²) in [5.41, 5.74) is 0.814. The Balaban J connectivity index is 2.23. The van der Waals surface area contributed by atoms with Gasteiger partial charge >= 0.3 is 0 Å². The third-order valence-corrected chi connectivity index (χ3v) is 2.29. The Bertz CT molecular complexity index is 365. The maximum absolute atomic E-state index is 10.6. The smallest absolute Gasteiger partial charge is 0.210 e. The maximum atomic E-state index is 10.6. The lowest BCUT2D eigenvalue weighted by Crippen LogP contribution is -2.27. The summed E-state index contributed by atoms with van der Waals surface area (Å²) in [7, 11) is -3.37. The number of rotatable bonds is 5. The van der Waals surface area contributed by atoms with Crippen molar-refractivity contribution in [3.8, 4) is 0 Å². The van der Waals surface area contributed by atoms with Crippen LogP contribution in [0.1, 0.15) is 5.69 Å². The molecular weight excluding hydrogens is 204 g/mol. The van der Waals surface area contributed by atoms with Crippen molar-refractivity contribution in [3.63, 3.8) is 0 Å². The van der Waals surface area contributed by atoms with Crippen molar-refractivity contribution in [2.45, 2.75) is 6.54 Å². The molecule has 0 amide bonds. The average molecular weight is 216 g/mol. The van der Waals surface area contributed by atoms with E-state index >= 15 is 0 Å². The third-order valence-electron chi connectivity index (χ3n) is 1.51. The summed E-state index contributed by atoms with van der Waals surface area (Å²) in [6, 6.07) is 1.75. The number of nitrogens with zero attached hydrogens (tertiary/aromatic N) is 2. The summed E-state index contributed by atoms with van der Waals surface area (Å²) in [5.74, 6) is -0.0713. The molecule has 3 N–H and O–H groups in total. The average Bonchev–Trinajstić information content (AvgIpc) is 2.13. The molecule has 0 aliphatic heterocycles. The molecular formula is C7H12N4O2S. The Hall–Kier alpha value is -1.05. The first kappa shape index (κ1) is 11.0. The molecule has 1 rings (SSSR count). The van der Waals surface area contributed by atoms with Crippen LogP contribution in [0.4, 0.5) is 0 Å². The minimum absolute atomic E-state index is 0.0713. The number of aromatic nitrogens is 2. The molecule has 0 spiro atoms. The summed E-state index contributed by atoms with van der Waals surface area (Å²) in [5, 5.41) is 7.73. The van der Waals surface area contributed by atoms with Crippen molar-refractivity contribution in [2.24, 2.45) is 5.14 Å². The molecule has 7 heteroatoms. The van der Waals surface area contributed by atoms with Crippen molar-refractivity contribution in [1.29, 1.82) is 0 Å². The van der Waals surface area contributed by atoms with Gasteiger partial charge in [-0.1, -0.05) is 0 Å². The van der Waals surface area contributed by atoms with Crippen LogP contribution >= 0.6 is 0 Å². The highest BCUT2D eigenvalue weighted by atomic mass is 32.2. The predicted octanol–water partition coefficient (Wildman–Crippen LogP) is -1.15. The van der Waals surface area contributed by atoms with Gasteiger partial charge < -0.3 is 5.32 Å². The van der Waals surface area contributed by atoms with E-state index in [1.807, 2.05) is 0 Å². The quantitative estimate of drug-likeness (QED) is 0.606. The van der Waals surface area contributed by atoms with Crippen LogP contribution in [0.3, 0.4) is 0 Å². The Kier molecular flexibility index (Phi) is 3.93. The van der Waals surface area contributed by atoms with Gasteiger partial charge in [0.15, 0.2) is 0 Å². The number of nitrogens with two attached hydrogens (primary N) is 1. The van der Waals surface area contributed by atoms with Gasteiger partial charge in [-0.25, -0.2) is 23.5 Å². The SMILES string of the molecule is NS(=O)(=O)CCNCc1ccncn1. The minimum Gasteiger partial charge on any atom is -0.310 e. The number of primary sulfonamides is 1. The van der Waals surface area contributed by atoms with Crippen LogP contribution in [0.2, 0.25) is 0 Å². The fourth-order valence-electron chi connectivity index (χ4n) is 0.854. The Morgan fingerprint density at radius 3 is 2.86 bits per heavy atom. The molecule has 1 aromatic heterocycles. The van der Waals surface area contributed by atoms with Gasteiger partial charge in [-0.05, 0) is 6.07 Å². The van der Waals surface area contributed by atoms with Crippen LogP contribution in [0.25, 0.3) is 0 Å². The normalized spacial score (nSPS) is 11.5. The van der Waals surface area contributed by atoms with E-state index < -0.39 is 10.0 Å². The number of hydrogen-bond donors (Lipinski definition) is 2. The lowest BCUT2D eigenvalue weighted by molar-refractivity contribution is 0.591. The summed E-state index contributed by atoms with van der Waals surface area (Å²) in [4.78, 5) is 7.72. The van der Waals surface area contributed by atoms with Gasteiger partial charge in [0.1, 0.15) is 6.33 Å². The van der Waals surface area contributed by atoms with E-state index in [9.17, 15) is 8.42 Å². The highest BCUT2D eigenvalue weighted by Gasteiger charge is 2.01. The van der Waals surface area contributed by atoms with Crippen molar-refractivity contribution < 1.29 is 8.42 Å². The largest absolute Gasteiger partial charge is 0.310 e. The van der Waals surface area contributed by atoms with E-state index in [0.717, 1.165) is 5.69 Å². The molecule has 0 radical (unpaired) electrons. The van der Waals surface area contributed by atoms with Crippen LogP contribution in [0.5, 0.6) is 0 Å². The van der Waals surface area contributed by atoms with Crippen LogP contribution in [0, 0.1) is 0 Å². The first-order chi connectivity index (χ1) is 6.58. The van der Waals surface area contributed by atoms with Crippen LogP contribution in [0.15, 0.2) is 18.6 Å². The Morgan fingerprint density at radius 1 is 1.50 bits per heavy atom. The van der Waals surface area contributed by atoms with Crippen LogP contribution in [-0.2, 0) is 16.6 Å². The molecule has 0 fully saturated rings. The number of sulfonamides is 1. The van der Waals surface area contributed by atoms with Gasteiger partial charge in [-0.15, -0.1) is 0 Å². The van der Waals surface area contributed by atoms with E-state index in [0.29, 0.717) is 13.1 Å². The molecule has 78 valence electrons. The predicted molar refractivity (Wildman–Crippen MR) is 51.7 cm³/mol. The first-order valence-corrected chi connectivity index (χ1v) is 5.75. The lowest BCUT2D eigenvalue weighted by atomic mass is 10.4. The van der Waals surface area contributed by atoms with E-state index in [1.165, 1.54) is 6.33 Å². The van der Waals surface area contributed by atoms with Crippen molar-refractivity contribution in [2.75, 3.05) is 12.3 Å². The van der Waals surface area contributed by atoms with E-state index in [2.05, 4.69) is 15.3 Å². The van der Waals surface area contributed by atoms with E-state index in [4.69, 9.17) is 5.14 Å². The van der Waals surface area contributed by atoms with Gasteiger partial charge in [0.2, 0.25) is 10.0 Å². The second kappa shape index (κ2) is 4.99. The molecule has 0 aliphatic carbocycles. The molecule has 0 saturated carbocycles. The molecule has 1 heterocycles. The lowest BCUT2D eigenvalue weighted by Gasteiger charge is -2.02. The van der Waals surface area contributed by atoms with Gasteiger partial charge in [0.05, 0.1) is 11.4 Å². The summed E-state index contributed by atoms with van der Waals surface area (Å²) in [6.45, 7) is 0.834. The topological polar surface area (TPSA) is 98.0 Å². The van der Waals surface area contributed by atoms with Crippen molar-refractivity contribution in [3.05, 3.63) is 24.3 Å².